The molecule has 2 rings (SSSR count). The molecule has 0 bridgehead atoms. The fourth-order valence-corrected chi connectivity index (χ4v) is 4.41. The number of thiazole rings is 1. The number of ketones is 1. The van der Waals surface area contributed by atoms with Crippen molar-refractivity contribution >= 4 is 44.9 Å². The van der Waals surface area contributed by atoms with Crippen LogP contribution in [0, 0.1) is 0 Å². The highest BCUT2D eigenvalue weighted by Gasteiger charge is 2.25. The number of carbonyl (C=O) groups is 3. The van der Waals surface area contributed by atoms with Crippen molar-refractivity contribution in [3.05, 3.63) is 46.9 Å². The van der Waals surface area contributed by atoms with Crippen LogP contribution < -0.4 is 21.5 Å². The zero-order chi connectivity index (χ0) is 25.1. The van der Waals surface area contributed by atoms with Crippen LogP contribution >= 0.6 is 11.3 Å². The van der Waals surface area contributed by atoms with Crippen molar-refractivity contribution in [3.63, 3.8) is 0 Å². The Labute approximate surface area is 201 Å². The summed E-state index contributed by atoms with van der Waals surface area (Å²) in [6.45, 7) is -0.623. The van der Waals surface area contributed by atoms with Gasteiger partial charge in [-0.2, -0.15) is 0 Å². The Morgan fingerprint density at radius 2 is 1.91 bits per heavy atom. The van der Waals surface area contributed by atoms with Crippen molar-refractivity contribution < 1.29 is 22.8 Å². The molecule has 14 heteroatoms. The van der Waals surface area contributed by atoms with Crippen molar-refractivity contribution in [2.45, 2.75) is 23.8 Å². The normalized spacial score (nSPS) is 11.9. The highest BCUT2D eigenvalue weighted by molar-refractivity contribution is 7.89. The van der Waals surface area contributed by atoms with Gasteiger partial charge >= 0.3 is 0 Å². The molecular weight excluding hydrogens is 482 g/mol. The van der Waals surface area contributed by atoms with Gasteiger partial charge in [0.25, 0.3) is 0 Å². The molecule has 0 aliphatic rings. The number of benzene rings is 1. The van der Waals surface area contributed by atoms with Gasteiger partial charge in [0.2, 0.25) is 27.6 Å². The second-order valence-corrected chi connectivity index (χ2v) is 9.82. The zero-order valence-electron chi connectivity index (χ0n) is 18.5. The molecule has 1 aromatic heterocycles. The molecule has 1 heterocycles. The number of nitrogens with zero attached hydrogens (tertiary/aromatic N) is 3. The van der Waals surface area contributed by atoms with E-state index in [0.717, 1.165) is 16.2 Å². The highest BCUT2D eigenvalue weighted by Crippen LogP contribution is 2.11. The average molecular weight is 510 g/mol. The molecule has 1 atom stereocenters. The molecule has 2 amide bonds. The van der Waals surface area contributed by atoms with Gasteiger partial charge in [-0.25, -0.2) is 18.1 Å². The topological polar surface area (TPSA) is 190 Å². The highest BCUT2D eigenvalue weighted by atomic mass is 32.2. The summed E-state index contributed by atoms with van der Waals surface area (Å²) in [5.74, 6) is -1.64. The van der Waals surface area contributed by atoms with Crippen LogP contribution in [0.5, 0.6) is 0 Å². The minimum atomic E-state index is -3.87. The lowest BCUT2D eigenvalue weighted by Crippen LogP contribution is -2.47. The smallest absolute Gasteiger partial charge is 0.241 e. The first-order valence-corrected chi connectivity index (χ1v) is 12.5. The molecule has 184 valence electrons. The fourth-order valence-electron chi connectivity index (χ4n) is 2.78. The number of sulfonamides is 1. The van der Waals surface area contributed by atoms with E-state index in [1.165, 1.54) is 25.4 Å². The van der Waals surface area contributed by atoms with Gasteiger partial charge in [0.15, 0.2) is 11.0 Å². The third-order valence-corrected chi connectivity index (χ3v) is 6.72. The van der Waals surface area contributed by atoms with Gasteiger partial charge in [-0.1, -0.05) is 18.2 Å². The molecule has 1 unspecified atom stereocenters. The second kappa shape index (κ2) is 12.8. The number of aromatic nitrogens is 1. The van der Waals surface area contributed by atoms with Gasteiger partial charge in [0.1, 0.15) is 0 Å². The second-order valence-electron chi connectivity index (χ2n) is 7.16. The third-order valence-electron chi connectivity index (χ3n) is 4.51. The Hall–Kier alpha value is -3.36. The molecule has 0 aliphatic heterocycles. The molecular formula is C20H27N7O5S2. The summed E-state index contributed by atoms with van der Waals surface area (Å²) in [6, 6.07) is 6.71. The summed E-state index contributed by atoms with van der Waals surface area (Å²) >= 11 is 1.15. The van der Waals surface area contributed by atoms with Crippen LogP contribution in [0.1, 0.15) is 22.6 Å². The summed E-state index contributed by atoms with van der Waals surface area (Å²) in [7, 11) is -2.51. The molecule has 0 saturated carbocycles. The summed E-state index contributed by atoms with van der Waals surface area (Å²) in [6.07, 6.45) is 2.17. The van der Waals surface area contributed by atoms with E-state index in [0.29, 0.717) is 6.42 Å². The van der Waals surface area contributed by atoms with Crippen LogP contribution in [-0.2, 0) is 19.6 Å². The van der Waals surface area contributed by atoms with Crippen LogP contribution in [-0.4, -0.2) is 74.6 Å². The predicted molar refractivity (Wildman–Crippen MR) is 128 cm³/mol. The Bertz CT molecular complexity index is 1100. The van der Waals surface area contributed by atoms with Gasteiger partial charge in [0, 0.05) is 25.2 Å². The predicted octanol–water partition coefficient (Wildman–Crippen LogP) is -0.699. The van der Waals surface area contributed by atoms with E-state index in [4.69, 9.17) is 11.5 Å². The van der Waals surface area contributed by atoms with Gasteiger partial charge in [-0.3, -0.25) is 19.4 Å². The first kappa shape index (κ1) is 26.9. The average Bonchev–Trinajstić information content (AvgIpc) is 3.34. The molecule has 1 aromatic carbocycles. The number of carbonyl (C=O) groups excluding carboxylic acids is 3. The monoisotopic (exact) mass is 509 g/mol. The molecule has 12 nitrogen and oxygen atoms in total. The van der Waals surface area contributed by atoms with E-state index in [1.807, 2.05) is 0 Å². The largest absolute Gasteiger partial charge is 0.370 e. The minimum Gasteiger partial charge on any atom is -0.370 e. The zero-order valence-corrected chi connectivity index (χ0v) is 20.1. The summed E-state index contributed by atoms with van der Waals surface area (Å²) in [5.41, 5.74) is 10.6. The quantitative estimate of drug-likeness (QED) is 0.118. The number of aliphatic imine (C=N–C) groups is 1. The van der Waals surface area contributed by atoms with Crippen LogP contribution in [0.25, 0.3) is 0 Å². The van der Waals surface area contributed by atoms with Crippen molar-refractivity contribution in [3.8, 4) is 0 Å². The van der Waals surface area contributed by atoms with Crippen LogP contribution in [0.2, 0.25) is 0 Å². The Morgan fingerprint density at radius 1 is 1.21 bits per heavy atom. The number of amides is 2. The SMILES string of the molecule is CN(CC(=O)NC(CCCN=C(N)N)C(=O)c1nccs1)C(=O)CNS(=O)(=O)c1ccccc1. The number of Topliss-reactive ketones (excluding diaryl/α,β-unsaturated/α-hetero) is 1. The third kappa shape index (κ3) is 8.53. The number of nitrogens with one attached hydrogen (secondary N) is 2. The van der Waals surface area contributed by atoms with Crippen LogP contribution in [0.3, 0.4) is 0 Å². The minimum absolute atomic E-state index is 0.0208. The van der Waals surface area contributed by atoms with Gasteiger partial charge in [-0.05, 0) is 25.0 Å². The molecule has 2 aromatic rings. The van der Waals surface area contributed by atoms with Gasteiger partial charge < -0.3 is 21.7 Å². The molecule has 0 spiro atoms. The van der Waals surface area contributed by atoms with E-state index < -0.39 is 34.4 Å². The van der Waals surface area contributed by atoms with E-state index >= 15 is 0 Å². The maximum atomic E-state index is 12.7. The lowest BCUT2D eigenvalue weighted by molar-refractivity contribution is -0.133. The lowest BCUT2D eigenvalue weighted by atomic mass is 10.1. The van der Waals surface area contributed by atoms with Gasteiger partial charge in [0.05, 0.1) is 24.0 Å². The molecule has 6 N–H and O–H groups in total. The number of hydrogen-bond acceptors (Lipinski definition) is 8. The van der Waals surface area contributed by atoms with Crippen LogP contribution in [0.4, 0.5) is 0 Å². The molecule has 0 radical (unpaired) electrons. The van der Waals surface area contributed by atoms with Crippen molar-refractivity contribution in [2.75, 3.05) is 26.7 Å². The first-order valence-electron chi connectivity index (χ1n) is 10.2. The molecule has 0 aliphatic carbocycles. The standard InChI is InChI=1S/C20H27N7O5S2/c1-27(17(29)12-25-34(31,32)14-6-3-2-4-7-14)13-16(28)26-15(8-5-9-24-20(21)22)18(30)19-23-10-11-33-19/h2-4,6-7,10-11,15,25H,5,8-9,12-13H2,1H3,(H,26,28)(H4,21,22,24). The maximum Gasteiger partial charge on any atom is 0.241 e. The Balaban J connectivity index is 1.92. The van der Waals surface area contributed by atoms with E-state index in [2.05, 4.69) is 20.0 Å². The summed E-state index contributed by atoms with van der Waals surface area (Å²) in [4.78, 5) is 46.5. The summed E-state index contributed by atoms with van der Waals surface area (Å²) < 4.78 is 26.7. The number of guanidine groups is 1. The number of rotatable bonds is 13. The van der Waals surface area contributed by atoms with Crippen molar-refractivity contribution in [1.82, 2.24) is 19.9 Å². The van der Waals surface area contributed by atoms with E-state index in [1.54, 1.807) is 23.6 Å². The maximum absolute atomic E-state index is 12.7. The van der Waals surface area contributed by atoms with E-state index in [-0.39, 0.29) is 41.2 Å². The van der Waals surface area contributed by atoms with Crippen molar-refractivity contribution in [2.24, 2.45) is 16.5 Å². The number of hydrogen-bond donors (Lipinski definition) is 4. The Morgan fingerprint density at radius 3 is 2.53 bits per heavy atom. The van der Waals surface area contributed by atoms with E-state index in [9.17, 15) is 22.8 Å². The Kier molecular flexibility index (Phi) is 10.1. The molecule has 34 heavy (non-hydrogen) atoms. The lowest BCUT2D eigenvalue weighted by Gasteiger charge is -2.20. The summed E-state index contributed by atoms with van der Waals surface area (Å²) in [5, 5.41) is 4.50. The fraction of sp³-hybridized carbons (Fsp3) is 0.350. The number of likely N-dealkylation sites (N-methyl/N-ethyl adjacent to an activating group) is 1. The number of nitrogens with two attached hydrogens (primary N) is 2. The van der Waals surface area contributed by atoms with Crippen molar-refractivity contribution in [1.29, 1.82) is 0 Å². The molecule has 0 saturated heterocycles. The van der Waals surface area contributed by atoms with Gasteiger partial charge in [-0.15, -0.1) is 11.3 Å². The van der Waals surface area contributed by atoms with Crippen LogP contribution in [0.15, 0.2) is 51.8 Å². The first-order chi connectivity index (χ1) is 16.1. The molecule has 0 fully saturated rings.